The third-order valence-corrected chi connectivity index (χ3v) is 8.27. The number of carbonyl (C=O) groups is 2. The Morgan fingerprint density at radius 1 is 0.826 bits per heavy atom. The molecule has 46 heavy (non-hydrogen) atoms. The van der Waals surface area contributed by atoms with Crippen LogP contribution in [0.4, 0.5) is 41.1 Å². The van der Waals surface area contributed by atoms with Crippen LogP contribution in [0.15, 0.2) is 36.4 Å². The van der Waals surface area contributed by atoms with Gasteiger partial charge in [-0.25, -0.2) is 18.4 Å². The smallest absolute Gasteiger partial charge is 0.414 e. The standard InChI is InChI=1S/C16H21FN4O3S.C14H18FN3O3/c1-18-15(25)19-9-12-10-21(16(22)24-12)11-2-3-14(13(17)8-11)20-4-6-23-7-5-20;15-12-7-10(18-9-11(8-16)21-14(18)19)1-2-13(12)17-3-5-20-6-4-17/h2-3,8,12H,4-7,9-10H2,1H3,(H2,18,19,25);1-2,7,11H,3-6,8-9,16H2. The average molecular weight is 664 g/mol. The summed E-state index contributed by atoms with van der Waals surface area (Å²) in [5.74, 6) is -0.705. The second-order valence-electron chi connectivity index (χ2n) is 10.9. The van der Waals surface area contributed by atoms with E-state index in [1.54, 1.807) is 31.3 Å². The number of anilines is 4. The van der Waals surface area contributed by atoms with Gasteiger partial charge in [0, 0.05) is 39.8 Å². The Morgan fingerprint density at radius 2 is 1.28 bits per heavy atom. The molecule has 250 valence electrons. The molecule has 0 aliphatic carbocycles. The van der Waals surface area contributed by atoms with Gasteiger partial charge in [0.15, 0.2) is 5.11 Å². The lowest BCUT2D eigenvalue weighted by atomic mass is 10.2. The van der Waals surface area contributed by atoms with Crippen molar-refractivity contribution in [1.82, 2.24) is 10.6 Å². The highest BCUT2D eigenvalue weighted by Gasteiger charge is 2.33. The molecule has 4 N–H and O–H groups in total. The maximum absolute atomic E-state index is 14.5. The molecular weight excluding hydrogens is 624 g/mol. The Kier molecular flexibility index (Phi) is 11.3. The van der Waals surface area contributed by atoms with Crippen molar-refractivity contribution in [3.63, 3.8) is 0 Å². The summed E-state index contributed by atoms with van der Waals surface area (Å²) >= 11 is 5.00. The van der Waals surface area contributed by atoms with Crippen molar-refractivity contribution in [2.45, 2.75) is 12.2 Å². The predicted octanol–water partition coefficient (Wildman–Crippen LogP) is 2.03. The van der Waals surface area contributed by atoms with Crippen LogP contribution in [0.2, 0.25) is 0 Å². The molecule has 16 heteroatoms. The van der Waals surface area contributed by atoms with E-state index in [9.17, 15) is 18.4 Å². The quantitative estimate of drug-likeness (QED) is 0.375. The normalized spacial score (nSPS) is 21.4. The average Bonchev–Trinajstić information content (AvgIpc) is 3.66. The molecule has 2 aromatic carbocycles. The third-order valence-electron chi connectivity index (χ3n) is 7.92. The molecule has 0 saturated carbocycles. The molecule has 4 heterocycles. The first-order valence-electron chi connectivity index (χ1n) is 15.1. The van der Waals surface area contributed by atoms with E-state index in [2.05, 4.69) is 10.6 Å². The predicted molar refractivity (Wildman–Crippen MR) is 173 cm³/mol. The molecule has 2 amide bonds. The summed E-state index contributed by atoms with van der Waals surface area (Å²) < 4.78 is 49.7. The molecule has 2 unspecified atom stereocenters. The van der Waals surface area contributed by atoms with E-state index in [0.717, 1.165) is 0 Å². The number of cyclic esters (lactones) is 2. The Morgan fingerprint density at radius 3 is 1.70 bits per heavy atom. The molecule has 0 aromatic heterocycles. The van der Waals surface area contributed by atoms with Crippen molar-refractivity contribution in [2.24, 2.45) is 5.73 Å². The summed E-state index contributed by atoms with van der Waals surface area (Å²) in [7, 11) is 1.71. The zero-order valence-electron chi connectivity index (χ0n) is 25.6. The highest BCUT2D eigenvalue weighted by molar-refractivity contribution is 7.80. The van der Waals surface area contributed by atoms with Crippen molar-refractivity contribution in [3.8, 4) is 0 Å². The molecular formula is C30H39F2N7O6S. The van der Waals surface area contributed by atoms with Crippen LogP contribution in [0, 0.1) is 11.6 Å². The van der Waals surface area contributed by atoms with Crippen LogP contribution < -0.4 is 36.0 Å². The van der Waals surface area contributed by atoms with Crippen LogP contribution in [0.25, 0.3) is 0 Å². The van der Waals surface area contributed by atoms with Gasteiger partial charge in [-0.05, 0) is 48.6 Å². The fraction of sp³-hybridized carbons (Fsp3) is 0.500. The Labute approximate surface area is 271 Å². The molecule has 2 atom stereocenters. The lowest BCUT2D eigenvalue weighted by Crippen LogP contribution is -2.39. The summed E-state index contributed by atoms with van der Waals surface area (Å²) in [4.78, 5) is 30.5. The summed E-state index contributed by atoms with van der Waals surface area (Å²) in [6.45, 7) is 6.35. The van der Waals surface area contributed by atoms with Gasteiger partial charge in [0.2, 0.25) is 0 Å². The van der Waals surface area contributed by atoms with Gasteiger partial charge in [0.25, 0.3) is 0 Å². The topological polar surface area (TPSA) is 134 Å². The zero-order chi connectivity index (χ0) is 32.6. The number of benzene rings is 2. The zero-order valence-corrected chi connectivity index (χ0v) is 26.4. The fourth-order valence-electron chi connectivity index (χ4n) is 5.44. The van der Waals surface area contributed by atoms with Crippen LogP contribution >= 0.6 is 12.2 Å². The number of nitrogens with two attached hydrogens (primary N) is 1. The van der Waals surface area contributed by atoms with Gasteiger partial charge >= 0.3 is 12.2 Å². The van der Waals surface area contributed by atoms with E-state index >= 15 is 0 Å². The molecule has 4 aliphatic heterocycles. The first-order valence-corrected chi connectivity index (χ1v) is 15.5. The molecule has 0 spiro atoms. The molecule has 0 bridgehead atoms. The summed E-state index contributed by atoms with van der Waals surface area (Å²) in [6.07, 6.45) is -1.65. The largest absolute Gasteiger partial charge is 0.443 e. The van der Waals surface area contributed by atoms with Gasteiger partial charge in [-0.15, -0.1) is 0 Å². The van der Waals surface area contributed by atoms with Crippen LogP contribution in [-0.2, 0) is 18.9 Å². The lowest BCUT2D eigenvalue weighted by Gasteiger charge is -2.29. The summed E-state index contributed by atoms with van der Waals surface area (Å²) in [5, 5.41) is 6.23. The number of rotatable bonds is 7. The summed E-state index contributed by atoms with van der Waals surface area (Å²) in [6, 6.07) is 9.60. The maximum atomic E-state index is 14.5. The highest BCUT2D eigenvalue weighted by Crippen LogP contribution is 2.29. The minimum atomic E-state index is -0.485. The number of thiocarbonyl (C=S) groups is 1. The van der Waals surface area contributed by atoms with E-state index in [0.29, 0.717) is 100 Å². The number of hydrogen-bond donors (Lipinski definition) is 3. The molecule has 0 radical (unpaired) electrons. The van der Waals surface area contributed by atoms with Crippen LogP contribution in [-0.4, -0.2) is 115 Å². The van der Waals surface area contributed by atoms with E-state index < -0.39 is 12.2 Å². The second kappa shape index (κ2) is 15.5. The number of ether oxygens (including phenoxy) is 4. The number of amides is 2. The van der Waals surface area contributed by atoms with Gasteiger partial charge in [-0.3, -0.25) is 9.80 Å². The maximum Gasteiger partial charge on any atom is 0.414 e. The fourth-order valence-corrected chi connectivity index (χ4v) is 5.52. The van der Waals surface area contributed by atoms with E-state index in [-0.39, 0.29) is 30.4 Å². The van der Waals surface area contributed by atoms with Crippen molar-refractivity contribution >= 4 is 52.3 Å². The van der Waals surface area contributed by atoms with E-state index in [1.165, 1.54) is 21.9 Å². The number of morpholine rings is 2. The minimum absolute atomic E-state index is 0.260. The molecule has 4 aliphatic rings. The Hall–Kier alpha value is -3.99. The highest BCUT2D eigenvalue weighted by atomic mass is 32.1. The van der Waals surface area contributed by atoms with Crippen LogP contribution in [0.1, 0.15) is 0 Å². The van der Waals surface area contributed by atoms with Crippen molar-refractivity contribution in [2.75, 3.05) is 105 Å². The number of hydrogen-bond acceptors (Lipinski definition) is 10. The molecule has 4 saturated heterocycles. The molecule has 4 fully saturated rings. The van der Waals surface area contributed by atoms with Gasteiger partial charge < -0.3 is 45.1 Å². The first-order chi connectivity index (χ1) is 22.3. The van der Waals surface area contributed by atoms with Gasteiger partial charge in [-0.1, -0.05) is 0 Å². The van der Waals surface area contributed by atoms with Crippen molar-refractivity contribution in [3.05, 3.63) is 48.0 Å². The lowest BCUT2D eigenvalue weighted by molar-refractivity contribution is 0.122. The minimum Gasteiger partial charge on any atom is -0.443 e. The van der Waals surface area contributed by atoms with Crippen LogP contribution in [0.5, 0.6) is 0 Å². The number of halogens is 2. The summed E-state index contributed by atoms with van der Waals surface area (Å²) in [5.41, 5.74) is 7.52. The second-order valence-corrected chi connectivity index (χ2v) is 11.3. The SMILES string of the molecule is CNC(=S)NCC1CN(c2ccc(N3CCOCC3)c(F)c2)C(=O)O1.NCC1CN(c2ccc(N3CCOCC3)c(F)c2)C(=O)O1. The Bertz CT molecular complexity index is 1400. The number of nitrogens with one attached hydrogen (secondary N) is 2. The number of nitrogens with zero attached hydrogens (tertiary/aromatic N) is 4. The van der Waals surface area contributed by atoms with E-state index in [1.807, 2.05) is 9.80 Å². The molecule has 2 aromatic rings. The van der Waals surface area contributed by atoms with Crippen molar-refractivity contribution < 1.29 is 37.3 Å². The molecule has 6 rings (SSSR count). The first kappa shape index (κ1) is 33.4. The van der Waals surface area contributed by atoms with Gasteiger partial charge in [-0.2, -0.15) is 0 Å². The van der Waals surface area contributed by atoms with Gasteiger partial charge in [0.1, 0.15) is 23.8 Å². The monoisotopic (exact) mass is 663 g/mol. The van der Waals surface area contributed by atoms with Gasteiger partial charge in [0.05, 0.1) is 68.8 Å². The van der Waals surface area contributed by atoms with Crippen molar-refractivity contribution in [1.29, 1.82) is 0 Å². The van der Waals surface area contributed by atoms with Crippen LogP contribution in [0.3, 0.4) is 0 Å². The van der Waals surface area contributed by atoms with E-state index in [4.69, 9.17) is 36.9 Å². The number of carbonyl (C=O) groups excluding carboxylic acids is 2. The third kappa shape index (κ3) is 8.04. The molecule has 13 nitrogen and oxygen atoms in total. The Balaban J connectivity index is 0.000000184.